The molecule has 1 fully saturated rings. The minimum Gasteiger partial charge on any atom is -0.383 e. The first kappa shape index (κ1) is 23.5. The molecule has 0 unspecified atom stereocenters. The van der Waals surface area contributed by atoms with Crippen molar-refractivity contribution in [3.8, 4) is 0 Å². The highest BCUT2D eigenvalue weighted by Crippen LogP contribution is 2.34. The summed E-state index contributed by atoms with van der Waals surface area (Å²) in [6, 6.07) is 6.40. The number of likely N-dealkylation sites (tertiary alicyclic amines) is 1. The van der Waals surface area contributed by atoms with Crippen molar-refractivity contribution < 1.29 is 4.74 Å². The molecule has 1 aromatic carbocycles. The Labute approximate surface area is 200 Å². The molecule has 33 heavy (non-hydrogen) atoms. The van der Waals surface area contributed by atoms with E-state index < -0.39 is 0 Å². The van der Waals surface area contributed by atoms with Crippen LogP contribution in [0, 0.1) is 20.8 Å². The maximum Gasteiger partial charge on any atom is 0.229 e. The maximum absolute atomic E-state index is 6.29. The SMILES string of the molecule is COCCN1CCC(c2cc(C)c(Nc3ncc(Cl)c(Nc4cc(C)[nH]n4)n3)cc2C)CC1. The van der Waals surface area contributed by atoms with Gasteiger partial charge in [0, 0.05) is 31.1 Å². The molecule has 0 amide bonds. The first-order chi connectivity index (χ1) is 15.9. The number of anilines is 4. The fourth-order valence-corrected chi connectivity index (χ4v) is 4.48. The van der Waals surface area contributed by atoms with Crippen LogP contribution >= 0.6 is 11.6 Å². The van der Waals surface area contributed by atoms with Crippen LogP contribution < -0.4 is 10.6 Å². The average molecular weight is 470 g/mol. The predicted octanol–water partition coefficient (Wildman–Crippen LogP) is 5.09. The van der Waals surface area contributed by atoms with Gasteiger partial charge in [-0.1, -0.05) is 17.7 Å². The fourth-order valence-electron chi connectivity index (χ4n) is 4.34. The van der Waals surface area contributed by atoms with Gasteiger partial charge < -0.3 is 20.3 Å². The lowest BCUT2D eigenvalue weighted by Crippen LogP contribution is -2.35. The highest BCUT2D eigenvalue weighted by atomic mass is 35.5. The molecule has 0 radical (unpaired) electrons. The molecule has 8 nitrogen and oxygen atoms in total. The van der Waals surface area contributed by atoms with Crippen molar-refractivity contribution in [2.45, 2.75) is 39.5 Å². The lowest BCUT2D eigenvalue weighted by atomic mass is 9.85. The second-order valence-electron chi connectivity index (χ2n) is 8.71. The summed E-state index contributed by atoms with van der Waals surface area (Å²) >= 11 is 6.29. The van der Waals surface area contributed by atoms with E-state index in [2.05, 4.69) is 61.7 Å². The van der Waals surface area contributed by atoms with E-state index >= 15 is 0 Å². The Hall–Kier alpha value is -2.68. The van der Waals surface area contributed by atoms with Crippen LogP contribution in [0.15, 0.2) is 24.4 Å². The first-order valence-electron chi connectivity index (χ1n) is 11.3. The van der Waals surface area contributed by atoms with Gasteiger partial charge in [-0.2, -0.15) is 10.1 Å². The highest BCUT2D eigenvalue weighted by molar-refractivity contribution is 6.32. The number of piperidine rings is 1. The lowest BCUT2D eigenvalue weighted by Gasteiger charge is -2.33. The first-order valence-corrected chi connectivity index (χ1v) is 11.7. The van der Waals surface area contributed by atoms with E-state index in [1.807, 2.05) is 13.0 Å². The van der Waals surface area contributed by atoms with Gasteiger partial charge >= 0.3 is 0 Å². The summed E-state index contributed by atoms with van der Waals surface area (Å²) in [5, 5.41) is 14.0. The van der Waals surface area contributed by atoms with Crippen molar-refractivity contribution in [2.24, 2.45) is 0 Å². The molecule has 0 aliphatic carbocycles. The van der Waals surface area contributed by atoms with Gasteiger partial charge in [0.25, 0.3) is 0 Å². The quantitative estimate of drug-likeness (QED) is 0.423. The van der Waals surface area contributed by atoms with E-state index in [4.69, 9.17) is 16.3 Å². The molecule has 0 saturated carbocycles. The second-order valence-corrected chi connectivity index (χ2v) is 9.12. The van der Waals surface area contributed by atoms with Gasteiger partial charge in [0.15, 0.2) is 11.6 Å². The number of H-pyrrole nitrogens is 1. The number of nitrogens with zero attached hydrogens (tertiary/aromatic N) is 4. The highest BCUT2D eigenvalue weighted by Gasteiger charge is 2.22. The number of rotatable bonds is 8. The number of nitrogens with one attached hydrogen (secondary N) is 3. The maximum atomic E-state index is 6.29. The van der Waals surface area contributed by atoms with Gasteiger partial charge in [-0.15, -0.1) is 0 Å². The summed E-state index contributed by atoms with van der Waals surface area (Å²) in [7, 11) is 1.76. The van der Waals surface area contributed by atoms with Crippen molar-refractivity contribution in [2.75, 3.05) is 44.0 Å². The van der Waals surface area contributed by atoms with Crippen LogP contribution in [0.4, 0.5) is 23.3 Å². The molecule has 0 spiro atoms. The molecule has 3 aromatic rings. The van der Waals surface area contributed by atoms with Crippen LogP contribution in [0.2, 0.25) is 5.02 Å². The Morgan fingerprint density at radius 3 is 2.61 bits per heavy atom. The third-order valence-corrected chi connectivity index (χ3v) is 6.47. The Balaban J connectivity index is 1.46. The van der Waals surface area contributed by atoms with Crippen LogP contribution in [-0.4, -0.2) is 58.4 Å². The predicted molar refractivity (Wildman–Crippen MR) is 133 cm³/mol. The van der Waals surface area contributed by atoms with E-state index in [0.29, 0.717) is 28.5 Å². The van der Waals surface area contributed by atoms with E-state index in [1.165, 1.54) is 29.5 Å². The van der Waals surface area contributed by atoms with E-state index in [-0.39, 0.29) is 0 Å². The van der Waals surface area contributed by atoms with Crippen molar-refractivity contribution in [3.05, 3.63) is 51.8 Å². The van der Waals surface area contributed by atoms with E-state index in [0.717, 1.165) is 37.6 Å². The summed E-state index contributed by atoms with van der Waals surface area (Å²) in [5.74, 6) is 2.24. The largest absolute Gasteiger partial charge is 0.383 e. The number of benzene rings is 1. The fraction of sp³-hybridized carbons (Fsp3) is 0.458. The zero-order valence-electron chi connectivity index (χ0n) is 19.7. The standard InChI is InChI=1S/C24H32ClN7O/c1-15-12-21(16(2)11-19(15)18-5-7-32(8-6-18)9-10-33-4)27-24-26-14-20(25)23(29-24)28-22-13-17(3)30-31-22/h11-14,18H,5-10H2,1-4H3,(H3,26,27,28,29,30,31). The Kier molecular flexibility index (Phi) is 7.47. The molecular weight excluding hydrogens is 438 g/mol. The number of hydrogen-bond acceptors (Lipinski definition) is 7. The van der Waals surface area contributed by atoms with Crippen LogP contribution in [-0.2, 0) is 4.74 Å². The van der Waals surface area contributed by atoms with Gasteiger partial charge in [0.1, 0.15) is 5.02 Å². The Morgan fingerprint density at radius 1 is 1.12 bits per heavy atom. The molecule has 2 aromatic heterocycles. The average Bonchev–Trinajstić information content (AvgIpc) is 3.22. The number of methoxy groups -OCH3 is 1. The number of ether oxygens (including phenoxy) is 1. The number of hydrogen-bond donors (Lipinski definition) is 3. The van der Waals surface area contributed by atoms with Gasteiger partial charge in [0.05, 0.1) is 12.8 Å². The summed E-state index contributed by atoms with van der Waals surface area (Å²) in [5.41, 5.74) is 5.86. The zero-order valence-corrected chi connectivity index (χ0v) is 20.5. The van der Waals surface area contributed by atoms with Crippen LogP contribution in [0.3, 0.4) is 0 Å². The van der Waals surface area contributed by atoms with Crippen molar-refractivity contribution in [3.63, 3.8) is 0 Å². The third kappa shape index (κ3) is 5.82. The van der Waals surface area contributed by atoms with Crippen LogP contribution in [0.25, 0.3) is 0 Å². The normalized spacial score (nSPS) is 15.1. The third-order valence-electron chi connectivity index (χ3n) is 6.20. The van der Waals surface area contributed by atoms with Crippen molar-refractivity contribution in [1.82, 2.24) is 25.1 Å². The molecular formula is C24H32ClN7O. The molecule has 3 N–H and O–H groups in total. The molecule has 4 rings (SSSR count). The summed E-state index contributed by atoms with van der Waals surface area (Å²) < 4.78 is 5.22. The topological polar surface area (TPSA) is 91.0 Å². The number of aryl methyl sites for hydroxylation is 3. The molecule has 1 aliphatic heterocycles. The van der Waals surface area contributed by atoms with Gasteiger partial charge in [-0.25, -0.2) is 4.98 Å². The molecule has 9 heteroatoms. The van der Waals surface area contributed by atoms with Gasteiger partial charge in [-0.3, -0.25) is 5.10 Å². The molecule has 0 bridgehead atoms. The Bertz CT molecular complexity index is 1090. The summed E-state index contributed by atoms with van der Waals surface area (Å²) in [6.45, 7) is 10.3. The number of aromatic amines is 1. The minimum atomic E-state index is 0.432. The van der Waals surface area contributed by atoms with Crippen molar-refractivity contribution >= 4 is 34.9 Å². The lowest BCUT2D eigenvalue weighted by molar-refractivity contribution is 0.130. The van der Waals surface area contributed by atoms with Gasteiger partial charge in [0.2, 0.25) is 5.95 Å². The molecule has 0 atom stereocenters. The Morgan fingerprint density at radius 2 is 1.91 bits per heavy atom. The number of aromatic nitrogens is 4. The molecule has 1 saturated heterocycles. The van der Waals surface area contributed by atoms with E-state index in [9.17, 15) is 0 Å². The summed E-state index contributed by atoms with van der Waals surface area (Å²) in [4.78, 5) is 11.4. The molecule has 176 valence electrons. The van der Waals surface area contributed by atoms with Gasteiger partial charge in [-0.05, 0) is 75.4 Å². The monoisotopic (exact) mass is 469 g/mol. The minimum absolute atomic E-state index is 0.432. The van der Waals surface area contributed by atoms with Crippen molar-refractivity contribution in [1.29, 1.82) is 0 Å². The second kappa shape index (κ2) is 10.5. The zero-order chi connectivity index (χ0) is 23.4. The molecule has 3 heterocycles. The smallest absolute Gasteiger partial charge is 0.229 e. The molecule has 1 aliphatic rings. The number of halogens is 1. The van der Waals surface area contributed by atoms with E-state index in [1.54, 1.807) is 13.3 Å². The van der Waals surface area contributed by atoms with Crippen LogP contribution in [0.1, 0.15) is 41.1 Å². The van der Waals surface area contributed by atoms with Crippen LogP contribution in [0.5, 0.6) is 0 Å². The summed E-state index contributed by atoms with van der Waals surface area (Å²) in [6.07, 6.45) is 3.95.